The normalized spacial score (nSPS) is 25.2. The molecule has 28 heavy (non-hydrogen) atoms. The Morgan fingerprint density at radius 1 is 1.32 bits per heavy atom. The second-order valence-corrected chi connectivity index (χ2v) is 7.66. The lowest BCUT2D eigenvalue weighted by molar-refractivity contribution is -0.146. The summed E-state index contributed by atoms with van der Waals surface area (Å²) in [6.07, 6.45) is -10.2. The Morgan fingerprint density at radius 3 is 2.32 bits per heavy atom. The van der Waals surface area contributed by atoms with Gasteiger partial charge in [0.25, 0.3) is 0 Å². The van der Waals surface area contributed by atoms with E-state index in [1.807, 2.05) is 0 Å². The van der Waals surface area contributed by atoms with E-state index in [1.165, 1.54) is 0 Å². The molecule has 0 saturated carbocycles. The van der Waals surface area contributed by atoms with Gasteiger partial charge in [0.15, 0.2) is 5.75 Å². The van der Waals surface area contributed by atoms with Crippen molar-refractivity contribution in [3.05, 3.63) is 11.8 Å². The summed E-state index contributed by atoms with van der Waals surface area (Å²) in [6, 6.07) is -3.39. The molecule has 0 aromatic rings. The first-order valence-corrected chi connectivity index (χ1v) is 9.24. The number of aliphatic carboxylic acids is 1. The average Bonchev–Trinajstić information content (AvgIpc) is 2.51. The molecule has 0 aliphatic carbocycles. The van der Waals surface area contributed by atoms with Gasteiger partial charge in [0, 0.05) is 6.92 Å². The molecule has 0 spiro atoms. The quantitative estimate of drug-likeness (QED) is 0.238. The van der Waals surface area contributed by atoms with Crippen LogP contribution in [0.3, 0.4) is 0 Å². The maximum atomic E-state index is 12.5. The molecule has 0 aromatic heterocycles. The highest BCUT2D eigenvalue weighted by atomic mass is 32.2. The Labute approximate surface area is 156 Å². The smallest absolute Gasteiger partial charge is 0.404 e. The van der Waals surface area contributed by atoms with Crippen LogP contribution >= 0.6 is 0 Å². The summed E-state index contributed by atoms with van der Waals surface area (Å²) in [7, 11) is -5.04. The molecule has 5 atom stereocenters. The first kappa shape index (κ1) is 24.1. The van der Waals surface area contributed by atoms with Gasteiger partial charge >= 0.3 is 12.1 Å². The molecule has 1 aliphatic heterocycles. The van der Waals surface area contributed by atoms with Gasteiger partial charge in [-0.1, -0.05) is 0 Å². The lowest BCUT2D eigenvalue weighted by Crippen LogP contribution is -2.63. The Kier molecular flexibility index (Phi) is 7.78. The fourth-order valence-electron chi connectivity index (χ4n) is 2.44. The maximum Gasteiger partial charge on any atom is 0.404 e. The van der Waals surface area contributed by atoms with Gasteiger partial charge in [-0.3, -0.25) is 4.79 Å². The minimum Gasteiger partial charge on any atom is -0.478 e. The number of hydrogen-bond donors (Lipinski definition) is 6. The minimum absolute atomic E-state index is 0.603. The summed E-state index contributed by atoms with van der Waals surface area (Å²) >= 11 is 0. The molecule has 162 valence electrons. The molecular formula is C13H19F3N2O9S. The van der Waals surface area contributed by atoms with E-state index in [9.17, 15) is 41.4 Å². The second-order valence-electron chi connectivity index (χ2n) is 5.90. The highest BCUT2D eigenvalue weighted by molar-refractivity contribution is 7.89. The number of aliphatic hydroxyl groups is 3. The summed E-state index contributed by atoms with van der Waals surface area (Å²) < 4.78 is 67.5. The average molecular weight is 436 g/mol. The third kappa shape index (κ3) is 6.90. The van der Waals surface area contributed by atoms with Crippen molar-refractivity contribution >= 4 is 21.9 Å². The van der Waals surface area contributed by atoms with Crippen molar-refractivity contribution in [2.24, 2.45) is 0 Å². The summed E-state index contributed by atoms with van der Waals surface area (Å²) in [6.45, 7) is -0.0476. The van der Waals surface area contributed by atoms with Gasteiger partial charge in [-0.15, -0.1) is 0 Å². The lowest BCUT2D eigenvalue weighted by Gasteiger charge is -2.39. The minimum atomic E-state index is -5.11. The van der Waals surface area contributed by atoms with E-state index in [0.717, 1.165) is 6.92 Å². The van der Waals surface area contributed by atoms with E-state index in [2.05, 4.69) is 5.32 Å². The predicted octanol–water partition coefficient (Wildman–Crippen LogP) is -2.58. The number of alkyl halides is 3. The summed E-state index contributed by atoms with van der Waals surface area (Å²) in [5, 5.41) is 39.8. The Balaban J connectivity index is 3.34. The van der Waals surface area contributed by atoms with E-state index < -0.39 is 76.6 Å². The molecule has 1 heterocycles. The topological polar surface area (TPSA) is 182 Å². The van der Waals surface area contributed by atoms with Crippen LogP contribution in [-0.4, -0.2) is 89.7 Å². The molecule has 0 aromatic carbocycles. The number of halogens is 3. The van der Waals surface area contributed by atoms with Crippen molar-refractivity contribution in [1.29, 1.82) is 0 Å². The van der Waals surface area contributed by atoms with Crippen LogP contribution in [0.15, 0.2) is 11.8 Å². The Morgan fingerprint density at radius 2 is 1.89 bits per heavy atom. The molecule has 1 rings (SSSR count). The molecular weight excluding hydrogens is 417 g/mol. The van der Waals surface area contributed by atoms with Crippen LogP contribution in [-0.2, 0) is 24.3 Å². The molecule has 1 amide bonds. The number of carboxylic acid groups (broad SMARTS) is 1. The summed E-state index contributed by atoms with van der Waals surface area (Å²) in [4.78, 5) is 22.6. The molecule has 0 unspecified atom stereocenters. The molecule has 0 bridgehead atoms. The highest BCUT2D eigenvalue weighted by Gasteiger charge is 2.46. The second kappa shape index (κ2) is 9.04. The van der Waals surface area contributed by atoms with Crippen molar-refractivity contribution in [2.75, 3.05) is 12.4 Å². The largest absolute Gasteiger partial charge is 0.478 e. The van der Waals surface area contributed by atoms with Crippen molar-refractivity contribution < 1.29 is 56.3 Å². The first-order valence-electron chi connectivity index (χ1n) is 7.59. The monoisotopic (exact) mass is 436 g/mol. The van der Waals surface area contributed by atoms with Crippen molar-refractivity contribution in [3.63, 3.8) is 0 Å². The maximum absolute atomic E-state index is 12.5. The number of nitrogens with one attached hydrogen (secondary N) is 2. The van der Waals surface area contributed by atoms with Crippen molar-refractivity contribution in [1.82, 2.24) is 10.0 Å². The fraction of sp³-hybridized carbons (Fsp3) is 0.692. The van der Waals surface area contributed by atoms with E-state index in [-0.39, 0.29) is 0 Å². The van der Waals surface area contributed by atoms with E-state index >= 15 is 0 Å². The zero-order valence-corrected chi connectivity index (χ0v) is 15.1. The molecule has 15 heteroatoms. The number of rotatable bonds is 8. The molecule has 0 radical (unpaired) electrons. The SMILES string of the molecule is CC(=O)N[C@H]1[C@H]([C@H](O)[C@H](O)CO)OC(C(=O)O)=C[C@@H]1NS(=O)(=O)CC(F)(F)F. The molecule has 6 N–H and O–H groups in total. The number of sulfonamides is 1. The predicted molar refractivity (Wildman–Crippen MR) is 84.1 cm³/mol. The van der Waals surface area contributed by atoms with Crippen LogP contribution in [0.4, 0.5) is 13.2 Å². The number of carbonyl (C=O) groups excluding carboxylic acids is 1. The molecule has 1 aliphatic rings. The van der Waals surface area contributed by atoms with Crippen LogP contribution in [0, 0.1) is 0 Å². The molecule has 0 fully saturated rings. The molecule has 0 saturated heterocycles. The van der Waals surface area contributed by atoms with Gasteiger partial charge < -0.3 is 30.5 Å². The highest BCUT2D eigenvalue weighted by Crippen LogP contribution is 2.24. The zero-order valence-electron chi connectivity index (χ0n) is 14.3. The Hall–Kier alpha value is -1.94. The van der Waals surface area contributed by atoms with Crippen LogP contribution in [0.5, 0.6) is 0 Å². The lowest BCUT2D eigenvalue weighted by atomic mass is 9.92. The number of ether oxygens (including phenoxy) is 1. The number of amides is 1. The number of carboxylic acids is 1. The van der Waals surface area contributed by atoms with Gasteiger partial charge in [-0.25, -0.2) is 17.9 Å². The van der Waals surface area contributed by atoms with Crippen molar-refractivity contribution in [2.45, 2.75) is 43.5 Å². The summed E-state index contributed by atoms with van der Waals surface area (Å²) in [5.74, 6) is -5.81. The Bertz CT molecular complexity index is 725. The first-order chi connectivity index (χ1) is 12.7. The van der Waals surface area contributed by atoms with Gasteiger partial charge in [0.05, 0.1) is 18.7 Å². The third-order valence-electron chi connectivity index (χ3n) is 3.50. The number of aliphatic hydroxyl groups excluding tert-OH is 3. The standard InChI is InChI=1S/C13H19F3N2O9S/c1-5(20)17-9-6(18-28(25,26)4-13(14,15)16)2-8(12(23)24)27-11(9)10(22)7(21)3-19/h2,6-7,9-11,18-19,21-22H,3-4H2,1H3,(H,17,20)(H,23,24)/t6-,7+,9+,10+,11+/m0/s1. The third-order valence-corrected chi connectivity index (χ3v) is 4.84. The number of carbonyl (C=O) groups is 2. The van der Waals surface area contributed by atoms with Crippen LogP contribution in [0.2, 0.25) is 0 Å². The van der Waals surface area contributed by atoms with Crippen LogP contribution in [0.25, 0.3) is 0 Å². The van der Waals surface area contributed by atoms with E-state index in [4.69, 9.17) is 14.9 Å². The van der Waals surface area contributed by atoms with E-state index in [1.54, 1.807) is 4.72 Å². The van der Waals surface area contributed by atoms with Gasteiger partial charge in [0.2, 0.25) is 21.7 Å². The van der Waals surface area contributed by atoms with Gasteiger partial charge in [0.1, 0.15) is 18.3 Å². The number of hydrogen-bond acceptors (Lipinski definition) is 8. The van der Waals surface area contributed by atoms with Crippen LogP contribution < -0.4 is 10.0 Å². The van der Waals surface area contributed by atoms with Gasteiger partial charge in [-0.05, 0) is 6.08 Å². The zero-order chi connectivity index (χ0) is 21.9. The van der Waals surface area contributed by atoms with E-state index in [0.29, 0.717) is 6.08 Å². The molecule has 11 nitrogen and oxygen atoms in total. The van der Waals surface area contributed by atoms with Crippen LogP contribution in [0.1, 0.15) is 6.92 Å². The van der Waals surface area contributed by atoms with Crippen molar-refractivity contribution in [3.8, 4) is 0 Å². The summed E-state index contributed by atoms with van der Waals surface area (Å²) in [5.41, 5.74) is 0. The van der Waals surface area contributed by atoms with Gasteiger partial charge in [-0.2, -0.15) is 13.2 Å². The fourth-order valence-corrected chi connectivity index (χ4v) is 3.58.